The van der Waals surface area contributed by atoms with Gasteiger partial charge < -0.3 is 0 Å². The van der Waals surface area contributed by atoms with E-state index in [4.69, 9.17) is 0 Å². The van der Waals surface area contributed by atoms with Crippen molar-refractivity contribution in [1.82, 2.24) is 14.5 Å². The van der Waals surface area contributed by atoms with Crippen LogP contribution in [0.25, 0.3) is 26.3 Å². The molecule has 0 fully saturated rings. The second-order valence-electron chi connectivity index (χ2n) is 4.93. The van der Waals surface area contributed by atoms with E-state index >= 15 is 0 Å². The van der Waals surface area contributed by atoms with Crippen molar-refractivity contribution in [3.05, 3.63) is 62.2 Å². The smallest absolute Gasteiger partial charge is 0.267 e. The molecule has 0 bridgehead atoms. The number of fused-ring (bicyclic) bond motifs is 2. The quantitative estimate of drug-likeness (QED) is 0.440. The Morgan fingerprint density at radius 1 is 1.09 bits per heavy atom. The molecule has 2 heterocycles. The van der Waals surface area contributed by atoms with Gasteiger partial charge in [-0.25, -0.2) is 14.5 Å². The molecular weight excluding hydrogens is 409 g/mol. The predicted molar refractivity (Wildman–Crippen MR) is 98.0 cm³/mol. The Labute approximate surface area is 143 Å². The maximum Gasteiger partial charge on any atom is 0.267 e. The van der Waals surface area contributed by atoms with Gasteiger partial charge in [0.15, 0.2) is 5.13 Å². The number of aromatic nitrogens is 3. The first-order valence-electron chi connectivity index (χ1n) is 6.68. The zero-order valence-electron chi connectivity index (χ0n) is 11.6. The summed E-state index contributed by atoms with van der Waals surface area (Å²) in [5.41, 5.74) is 1.55. The summed E-state index contributed by atoms with van der Waals surface area (Å²) in [6, 6.07) is 13.6. The molecule has 0 aliphatic rings. The van der Waals surface area contributed by atoms with Crippen molar-refractivity contribution in [2.45, 2.75) is 6.92 Å². The molecule has 0 radical (unpaired) electrons. The Bertz CT molecular complexity index is 1050. The molecular formula is C16H10IN3OS. The normalized spacial score (nSPS) is 11.4. The number of nitrogens with zero attached hydrogens (tertiary/aromatic N) is 3. The number of hydrogen-bond acceptors (Lipinski definition) is 4. The van der Waals surface area contributed by atoms with Gasteiger partial charge in [-0.2, -0.15) is 0 Å². The number of aryl methyl sites for hydroxylation is 1. The van der Waals surface area contributed by atoms with Crippen molar-refractivity contribution in [3.8, 4) is 5.13 Å². The molecule has 4 rings (SSSR count). The molecule has 0 spiro atoms. The van der Waals surface area contributed by atoms with Gasteiger partial charge in [0.1, 0.15) is 5.82 Å². The van der Waals surface area contributed by atoms with Gasteiger partial charge >= 0.3 is 0 Å². The molecule has 2 aromatic heterocycles. The summed E-state index contributed by atoms with van der Waals surface area (Å²) >= 11 is 3.70. The van der Waals surface area contributed by atoms with Crippen LogP contribution in [0, 0.1) is 10.5 Å². The summed E-state index contributed by atoms with van der Waals surface area (Å²) in [6.45, 7) is 1.84. The molecule has 108 valence electrons. The van der Waals surface area contributed by atoms with Crippen molar-refractivity contribution in [3.63, 3.8) is 0 Å². The SMILES string of the molecule is Cc1nc2ccc(I)cc2c(=O)n1-c1nc2ccccc2s1. The van der Waals surface area contributed by atoms with Crippen molar-refractivity contribution in [2.24, 2.45) is 0 Å². The van der Waals surface area contributed by atoms with Crippen LogP contribution in [0.5, 0.6) is 0 Å². The van der Waals surface area contributed by atoms with E-state index in [0.717, 1.165) is 19.3 Å². The summed E-state index contributed by atoms with van der Waals surface area (Å²) in [5.74, 6) is 0.651. The number of rotatable bonds is 1. The van der Waals surface area contributed by atoms with E-state index in [0.29, 0.717) is 16.3 Å². The molecule has 0 saturated carbocycles. The summed E-state index contributed by atoms with van der Waals surface area (Å²) in [4.78, 5) is 22.0. The summed E-state index contributed by atoms with van der Waals surface area (Å²) in [5, 5.41) is 1.29. The van der Waals surface area contributed by atoms with Crippen LogP contribution >= 0.6 is 33.9 Å². The third-order valence-electron chi connectivity index (χ3n) is 3.47. The molecule has 0 N–H and O–H groups in total. The van der Waals surface area contributed by atoms with Gasteiger partial charge in [-0.1, -0.05) is 23.5 Å². The second-order valence-corrected chi connectivity index (χ2v) is 7.18. The van der Waals surface area contributed by atoms with E-state index in [1.54, 1.807) is 4.57 Å². The van der Waals surface area contributed by atoms with Crippen LogP contribution in [0.1, 0.15) is 5.82 Å². The minimum atomic E-state index is -0.0694. The Hall–Kier alpha value is -1.80. The third-order valence-corrected chi connectivity index (χ3v) is 5.16. The molecule has 2 aromatic carbocycles. The van der Waals surface area contributed by atoms with E-state index in [1.165, 1.54) is 11.3 Å². The lowest BCUT2D eigenvalue weighted by molar-refractivity contribution is 0.888. The summed E-state index contributed by atoms with van der Waals surface area (Å²) in [6.07, 6.45) is 0. The van der Waals surface area contributed by atoms with Gasteiger partial charge in [0.05, 0.1) is 21.1 Å². The average molecular weight is 419 g/mol. The zero-order valence-corrected chi connectivity index (χ0v) is 14.6. The Balaban J connectivity index is 2.07. The van der Waals surface area contributed by atoms with Crippen LogP contribution in [0.15, 0.2) is 47.3 Å². The fourth-order valence-electron chi connectivity index (χ4n) is 2.45. The van der Waals surface area contributed by atoms with Crippen LogP contribution < -0.4 is 5.56 Å². The molecule has 4 nitrogen and oxygen atoms in total. The molecule has 0 amide bonds. The lowest BCUT2D eigenvalue weighted by Gasteiger charge is -2.07. The summed E-state index contributed by atoms with van der Waals surface area (Å²) in [7, 11) is 0. The lowest BCUT2D eigenvalue weighted by Crippen LogP contribution is -2.22. The fraction of sp³-hybridized carbons (Fsp3) is 0.0625. The van der Waals surface area contributed by atoms with Gasteiger partial charge in [0.2, 0.25) is 0 Å². The monoisotopic (exact) mass is 419 g/mol. The van der Waals surface area contributed by atoms with Crippen LogP contribution in [-0.2, 0) is 0 Å². The van der Waals surface area contributed by atoms with Crippen molar-refractivity contribution >= 4 is 55.0 Å². The zero-order chi connectivity index (χ0) is 15.3. The van der Waals surface area contributed by atoms with E-state index in [9.17, 15) is 4.79 Å². The van der Waals surface area contributed by atoms with Gasteiger partial charge in [-0.15, -0.1) is 0 Å². The largest absolute Gasteiger partial charge is 0.268 e. The van der Waals surface area contributed by atoms with E-state index < -0.39 is 0 Å². The van der Waals surface area contributed by atoms with E-state index in [2.05, 4.69) is 32.6 Å². The van der Waals surface area contributed by atoms with Crippen molar-refractivity contribution in [2.75, 3.05) is 0 Å². The highest BCUT2D eigenvalue weighted by Crippen LogP contribution is 2.25. The van der Waals surface area contributed by atoms with E-state index in [-0.39, 0.29) is 5.56 Å². The van der Waals surface area contributed by atoms with Gasteiger partial charge in [-0.05, 0) is 59.8 Å². The average Bonchev–Trinajstić information content (AvgIpc) is 2.91. The minimum Gasteiger partial charge on any atom is -0.268 e. The maximum absolute atomic E-state index is 12.9. The standard InChI is InChI=1S/C16H10IN3OS/c1-9-18-12-7-6-10(17)8-11(12)15(21)20(9)16-19-13-4-2-3-5-14(13)22-16/h2-8H,1H3. The maximum atomic E-state index is 12.9. The highest BCUT2D eigenvalue weighted by atomic mass is 127. The molecule has 0 unspecified atom stereocenters. The Morgan fingerprint density at radius 3 is 2.73 bits per heavy atom. The van der Waals surface area contributed by atoms with Gasteiger partial charge in [-0.3, -0.25) is 4.79 Å². The predicted octanol–water partition coefficient (Wildman–Crippen LogP) is 3.91. The van der Waals surface area contributed by atoms with Crippen LogP contribution in [-0.4, -0.2) is 14.5 Å². The Kier molecular flexibility index (Phi) is 3.23. The van der Waals surface area contributed by atoms with Gasteiger partial charge in [0.25, 0.3) is 5.56 Å². The third kappa shape index (κ3) is 2.14. The fourth-order valence-corrected chi connectivity index (χ4v) is 3.95. The topological polar surface area (TPSA) is 47.8 Å². The van der Waals surface area contributed by atoms with Gasteiger partial charge in [0, 0.05) is 3.57 Å². The lowest BCUT2D eigenvalue weighted by atomic mass is 10.2. The molecule has 0 aliphatic heterocycles. The van der Waals surface area contributed by atoms with Crippen molar-refractivity contribution in [1.29, 1.82) is 0 Å². The van der Waals surface area contributed by atoms with Crippen LogP contribution in [0.4, 0.5) is 0 Å². The molecule has 0 atom stereocenters. The second kappa shape index (κ2) is 5.13. The number of benzene rings is 2. The Morgan fingerprint density at radius 2 is 1.91 bits per heavy atom. The van der Waals surface area contributed by atoms with Crippen molar-refractivity contribution < 1.29 is 0 Å². The first kappa shape index (κ1) is 13.8. The molecule has 0 saturated heterocycles. The molecule has 6 heteroatoms. The van der Waals surface area contributed by atoms with Crippen LogP contribution in [0.2, 0.25) is 0 Å². The molecule has 0 aliphatic carbocycles. The molecule has 22 heavy (non-hydrogen) atoms. The first-order valence-corrected chi connectivity index (χ1v) is 8.58. The highest BCUT2D eigenvalue weighted by molar-refractivity contribution is 14.1. The highest BCUT2D eigenvalue weighted by Gasteiger charge is 2.13. The first-order chi connectivity index (χ1) is 10.6. The number of hydrogen-bond donors (Lipinski definition) is 0. The summed E-state index contributed by atoms with van der Waals surface area (Å²) < 4.78 is 3.68. The minimum absolute atomic E-state index is 0.0694. The molecule has 4 aromatic rings. The number of para-hydroxylation sites is 1. The number of thiazole rings is 1. The van der Waals surface area contributed by atoms with Crippen LogP contribution in [0.3, 0.4) is 0 Å². The number of halogens is 1. The van der Waals surface area contributed by atoms with E-state index in [1.807, 2.05) is 49.4 Å².